The Kier molecular flexibility index (Phi) is 4.13. The molecule has 0 saturated heterocycles. The predicted molar refractivity (Wildman–Crippen MR) is 111 cm³/mol. The number of imidazole rings is 1. The van der Waals surface area contributed by atoms with Gasteiger partial charge in [0.2, 0.25) is 0 Å². The van der Waals surface area contributed by atoms with Crippen molar-refractivity contribution in [2.24, 2.45) is 0 Å². The normalized spacial score (nSPS) is 15.8. The number of ether oxygens (including phenoxy) is 1. The number of nitrogens with zero attached hydrogens (tertiary/aromatic N) is 7. The maximum Gasteiger partial charge on any atom is 0.319 e. The van der Waals surface area contributed by atoms with Crippen LogP contribution in [-0.4, -0.2) is 48.4 Å². The van der Waals surface area contributed by atoms with E-state index in [1.165, 1.54) is 10.6 Å². The van der Waals surface area contributed by atoms with Crippen LogP contribution in [0, 0.1) is 5.82 Å². The second-order valence-electron chi connectivity index (χ2n) is 7.34. The van der Waals surface area contributed by atoms with Gasteiger partial charge in [0.15, 0.2) is 0 Å². The minimum absolute atomic E-state index is 0.287. The predicted octanol–water partition coefficient (Wildman–Crippen LogP) is 2.80. The van der Waals surface area contributed by atoms with Gasteiger partial charge in [-0.15, -0.1) is 5.10 Å². The Balaban J connectivity index is 1.42. The maximum absolute atomic E-state index is 14.3. The molecule has 0 spiro atoms. The summed E-state index contributed by atoms with van der Waals surface area (Å²) in [6.45, 7) is 0.591. The van der Waals surface area contributed by atoms with E-state index in [9.17, 15) is 4.39 Å². The first kappa shape index (κ1) is 18.5. The van der Waals surface area contributed by atoms with Crippen molar-refractivity contribution in [3.8, 4) is 17.3 Å². The molecule has 1 aliphatic heterocycles. The summed E-state index contributed by atoms with van der Waals surface area (Å²) in [6.07, 6.45) is 5.66. The molecule has 0 bridgehead atoms. The molecular weight excluding hydrogens is 415 g/mol. The summed E-state index contributed by atoms with van der Waals surface area (Å²) in [7, 11) is 1.58. The van der Waals surface area contributed by atoms with Crippen LogP contribution in [0.5, 0.6) is 5.75 Å². The molecule has 0 unspecified atom stereocenters. The van der Waals surface area contributed by atoms with Crippen LogP contribution >= 0.6 is 0 Å². The smallest absolute Gasteiger partial charge is 0.319 e. The molecule has 1 N–H and O–H groups in total. The number of hydrogen-bond acceptors (Lipinski definition) is 8. The van der Waals surface area contributed by atoms with Crippen molar-refractivity contribution in [1.82, 2.24) is 34.8 Å². The summed E-state index contributed by atoms with van der Waals surface area (Å²) in [5.41, 5.74) is 3.35. The Hall–Kier alpha value is -4.28. The third-order valence-corrected chi connectivity index (χ3v) is 5.53. The highest BCUT2D eigenvalue weighted by atomic mass is 19.1. The first-order valence-corrected chi connectivity index (χ1v) is 9.98. The van der Waals surface area contributed by atoms with E-state index in [0.717, 1.165) is 11.4 Å². The topological polar surface area (TPSA) is 110 Å². The number of anilines is 1. The lowest BCUT2D eigenvalue weighted by molar-refractivity contribution is 0.413. The van der Waals surface area contributed by atoms with Gasteiger partial charge in [0.05, 0.1) is 31.0 Å². The SMILES string of the molecule is COc1ccc(-c2nnc(N3CCc4[nH]cnc4[C@H]3c3cc4c(F)cccn4n3)o2)nc1. The van der Waals surface area contributed by atoms with Crippen LogP contribution in [0.4, 0.5) is 10.4 Å². The zero-order chi connectivity index (χ0) is 21.7. The van der Waals surface area contributed by atoms with E-state index in [-0.39, 0.29) is 11.7 Å². The molecule has 1 aliphatic rings. The fourth-order valence-electron chi connectivity index (χ4n) is 3.98. The molecule has 1 atom stereocenters. The van der Waals surface area contributed by atoms with E-state index < -0.39 is 6.04 Å². The number of halogens is 1. The molecule has 0 saturated carbocycles. The lowest BCUT2D eigenvalue weighted by Crippen LogP contribution is -2.36. The minimum Gasteiger partial charge on any atom is -0.495 e. The molecule has 11 heteroatoms. The van der Waals surface area contributed by atoms with Crippen molar-refractivity contribution in [2.45, 2.75) is 12.5 Å². The Morgan fingerprint density at radius 1 is 1.22 bits per heavy atom. The lowest BCUT2D eigenvalue weighted by atomic mass is 10.0. The number of hydrogen-bond donors (Lipinski definition) is 1. The van der Waals surface area contributed by atoms with Gasteiger partial charge in [-0.05, 0) is 30.3 Å². The molecule has 6 heterocycles. The molecule has 0 aromatic carbocycles. The van der Waals surface area contributed by atoms with Gasteiger partial charge in [0.1, 0.15) is 28.8 Å². The van der Waals surface area contributed by atoms with Crippen LogP contribution in [-0.2, 0) is 6.42 Å². The Morgan fingerprint density at radius 2 is 2.16 bits per heavy atom. The number of rotatable bonds is 4. The van der Waals surface area contributed by atoms with Gasteiger partial charge in [-0.25, -0.2) is 18.9 Å². The van der Waals surface area contributed by atoms with E-state index in [2.05, 4.69) is 30.2 Å². The van der Waals surface area contributed by atoms with Gasteiger partial charge in [-0.2, -0.15) is 5.10 Å². The van der Waals surface area contributed by atoms with Crippen LogP contribution in [0.1, 0.15) is 23.1 Å². The number of aromatic nitrogens is 7. The van der Waals surface area contributed by atoms with Crippen molar-refractivity contribution in [3.05, 3.63) is 72.0 Å². The van der Waals surface area contributed by atoms with Gasteiger partial charge in [-0.1, -0.05) is 5.10 Å². The van der Waals surface area contributed by atoms with Crippen LogP contribution in [0.15, 0.2) is 53.5 Å². The summed E-state index contributed by atoms with van der Waals surface area (Å²) < 4.78 is 27.0. The summed E-state index contributed by atoms with van der Waals surface area (Å²) in [5.74, 6) is 0.575. The zero-order valence-electron chi connectivity index (χ0n) is 16.9. The van der Waals surface area contributed by atoms with Gasteiger partial charge < -0.3 is 19.0 Å². The standard InChI is InChI=1S/C21H17FN8O2/c1-31-12-4-5-15(23-10-12)20-26-27-21(32-20)29-8-6-14-18(25-11-24-14)19(29)16-9-17-13(22)3-2-7-30(17)28-16/h2-5,7,9-11,19H,6,8H2,1H3,(H,24,25)/t19-/m1/s1. The van der Waals surface area contributed by atoms with E-state index >= 15 is 0 Å². The average molecular weight is 432 g/mol. The molecule has 5 aromatic rings. The highest BCUT2D eigenvalue weighted by Crippen LogP contribution is 2.37. The average Bonchev–Trinajstić information content (AvgIpc) is 3.57. The van der Waals surface area contributed by atoms with Crippen LogP contribution in [0.25, 0.3) is 17.1 Å². The van der Waals surface area contributed by atoms with E-state index in [1.54, 1.807) is 50.1 Å². The number of H-pyrrole nitrogens is 1. The summed E-state index contributed by atoms with van der Waals surface area (Å²) >= 11 is 0. The van der Waals surface area contributed by atoms with E-state index in [4.69, 9.17) is 9.15 Å². The van der Waals surface area contributed by atoms with Gasteiger partial charge in [0.25, 0.3) is 5.89 Å². The number of pyridine rings is 2. The minimum atomic E-state index is -0.415. The van der Waals surface area contributed by atoms with Crippen molar-refractivity contribution in [3.63, 3.8) is 0 Å². The Morgan fingerprint density at radius 3 is 2.97 bits per heavy atom. The van der Waals surface area contributed by atoms with Gasteiger partial charge in [-0.3, -0.25) is 0 Å². The molecule has 0 radical (unpaired) electrons. The molecule has 0 aliphatic carbocycles. The summed E-state index contributed by atoms with van der Waals surface area (Å²) in [5, 5.41) is 13.0. The molecule has 160 valence electrons. The van der Waals surface area contributed by atoms with Crippen molar-refractivity contribution in [2.75, 3.05) is 18.6 Å². The fourth-order valence-corrected chi connectivity index (χ4v) is 3.98. The number of nitrogens with one attached hydrogen (secondary N) is 1. The molecule has 6 rings (SSSR count). The first-order chi connectivity index (χ1) is 15.7. The van der Waals surface area contributed by atoms with Crippen molar-refractivity contribution < 1.29 is 13.5 Å². The van der Waals surface area contributed by atoms with Crippen LogP contribution in [0.3, 0.4) is 0 Å². The molecule has 0 fully saturated rings. The van der Waals surface area contributed by atoms with Crippen LogP contribution in [0.2, 0.25) is 0 Å². The molecule has 10 nitrogen and oxygen atoms in total. The second-order valence-corrected chi connectivity index (χ2v) is 7.34. The maximum atomic E-state index is 14.3. The monoisotopic (exact) mass is 432 g/mol. The zero-order valence-corrected chi connectivity index (χ0v) is 16.9. The third-order valence-electron chi connectivity index (χ3n) is 5.53. The number of aromatic amines is 1. The van der Waals surface area contributed by atoms with E-state index in [0.29, 0.717) is 41.6 Å². The molecule has 0 amide bonds. The third kappa shape index (κ3) is 2.89. The number of fused-ring (bicyclic) bond motifs is 2. The largest absolute Gasteiger partial charge is 0.495 e. The quantitative estimate of drug-likeness (QED) is 0.462. The lowest BCUT2D eigenvalue weighted by Gasteiger charge is -2.32. The van der Waals surface area contributed by atoms with Crippen LogP contribution < -0.4 is 9.64 Å². The molecule has 32 heavy (non-hydrogen) atoms. The van der Waals surface area contributed by atoms with Gasteiger partial charge in [0, 0.05) is 24.9 Å². The fraction of sp³-hybridized carbons (Fsp3) is 0.190. The highest BCUT2D eigenvalue weighted by Gasteiger charge is 2.36. The van der Waals surface area contributed by atoms with Gasteiger partial charge >= 0.3 is 6.01 Å². The molecular formula is C21H17FN8O2. The van der Waals surface area contributed by atoms with E-state index in [1.807, 2.05) is 4.90 Å². The second kappa shape index (κ2) is 7.15. The van der Waals surface area contributed by atoms with Crippen molar-refractivity contribution >= 4 is 11.5 Å². The Bertz CT molecular complexity index is 1410. The first-order valence-electron chi connectivity index (χ1n) is 9.98. The summed E-state index contributed by atoms with van der Waals surface area (Å²) in [6, 6.07) is 8.17. The van der Waals surface area contributed by atoms with Crippen molar-refractivity contribution in [1.29, 1.82) is 0 Å². The Labute approximate surface area is 180 Å². The summed E-state index contributed by atoms with van der Waals surface area (Å²) in [4.78, 5) is 13.9. The molecule has 5 aromatic heterocycles. The highest BCUT2D eigenvalue weighted by molar-refractivity contribution is 5.54. The number of methoxy groups -OCH3 is 1.